The summed E-state index contributed by atoms with van der Waals surface area (Å²) in [5.41, 5.74) is 0. The molecule has 0 aliphatic heterocycles. The Morgan fingerprint density at radius 1 is 0.429 bits per heavy atom. The molecule has 0 unspecified atom stereocenters. The van der Waals surface area contributed by atoms with E-state index < -0.39 is 11.9 Å². The van der Waals surface area contributed by atoms with Gasteiger partial charge >= 0.3 is 11.9 Å². The normalized spacial score (nSPS) is 10.4. The van der Waals surface area contributed by atoms with Crippen molar-refractivity contribution in [1.29, 1.82) is 0 Å². The highest BCUT2D eigenvalue weighted by Gasteiger charge is 1.97. The average molecular weight is 401 g/mol. The maximum Gasteiger partial charge on any atom is 0.303 e. The molecule has 0 saturated carbocycles. The number of carbonyl (C=O) groups is 2. The summed E-state index contributed by atoms with van der Waals surface area (Å²) in [5.74, 6) is -1.35. The number of hydrogen-bond donors (Lipinski definition) is 2. The first-order chi connectivity index (χ1) is 13.5. The minimum Gasteiger partial charge on any atom is -0.481 e. The number of unbranched alkanes of at least 4 members (excludes halogenated alkanes) is 16. The summed E-state index contributed by atoms with van der Waals surface area (Å²) in [6, 6.07) is 0. The molecule has 2 N–H and O–H groups in total. The van der Waals surface area contributed by atoms with Crippen LogP contribution in [0.15, 0.2) is 0 Å². The molecule has 0 spiro atoms. The molecule has 0 aliphatic carbocycles. The van der Waals surface area contributed by atoms with Crippen molar-refractivity contribution in [3.8, 4) is 0 Å². The van der Waals surface area contributed by atoms with E-state index in [1.54, 1.807) is 0 Å². The van der Waals surface area contributed by atoms with E-state index in [-0.39, 0.29) is 0 Å². The van der Waals surface area contributed by atoms with E-state index in [9.17, 15) is 9.59 Å². The van der Waals surface area contributed by atoms with E-state index >= 15 is 0 Å². The Labute approximate surface area is 174 Å². The largest absolute Gasteiger partial charge is 0.481 e. The maximum absolute atomic E-state index is 10.3. The molecule has 0 bridgehead atoms. The van der Waals surface area contributed by atoms with Crippen LogP contribution in [0.1, 0.15) is 142 Å². The lowest BCUT2D eigenvalue weighted by atomic mass is 10.0. The van der Waals surface area contributed by atoms with E-state index in [2.05, 4.69) is 6.92 Å². The van der Waals surface area contributed by atoms with Gasteiger partial charge in [0.15, 0.2) is 0 Å². The molecule has 168 valence electrons. The Morgan fingerprint density at radius 2 is 0.679 bits per heavy atom. The van der Waals surface area contributed by atoms with Gasteiger partial charge in [-0.2, -0.15) is 0 Å². The van der Waals surface area contributed by atoms with E-state index in [1.165, 1.54) is 89.9 Å². The van der Waals surface area contributed by atoms with Gasteiger partial charge in [0.2, 0.25) is 0 Å². The zero-order valence-corrected chi connectivity index (χ0v) is 18.9. The van der Waals surface area contributed by atoms with Crippen molar-refractivity contribution in [2.24, 2.45) is 0 Å². The molecule has 0 atom stereocenters. The second-order valence-electron chi connectivity index (χ2n) is 7.94. The molecule has 0 heterocycles. The molecule has 0 saturated heterocycles. The van der Waals surface area contributed by atoms with Gasteiger partial charge in [-0.3, -0.25) is 9.59 Å². The Morgan fingerprint density at radius 3 is 0.929 bits per heavy atom. The zero-order valence-electron chi connectivity index (χ0n) is 18.9. The van der Waals surface area contributed by atoms with Crippen molar-refractivity contribution in [2.45, 2.75) is 142 Å². The van der Waals surface area contributed by atoms with Gasteiger partial charge in [0, 0.05) is 12.8 Å². The predicted octanol–water partition coefficient (Wildman–Crippen LogP) is 7.98. The molecule has 0 rings (SSSR count). The van der Waals surface area contributed by atoms with Gasteiger partial charge < -0.3 is 10.2 Å². The fraction of sp³-hybridized carbons (Fsp3) is 0.917. The molecule has 0 aromatic heterocycles. The maximum atomic E-state index is 10.3. The lowest BCUT2D eigenvalue weighted by Gasteiger charge is -2.03. The third kappa shape index (κ3) is 32.6. The van der Waals surface area contributed by atoms with Crippen molar-refractivity contribution in [3.05, 3.63) is 0 Å². The smallest absolute Gasteiger partial charge is 0.303 e. The summed E-state index contributed by atoms with van der Waals surface area (Å²) >= 11 is 0. The SMILES string of the molecule is CCCCC(=O)O.CCCCCCCCCCCCCCCCCCC(=O)O. The average Bonchev–Trinajstić information content (AvgIpc) is 2.66. The highest BCUT2D eigenvalue weighted by Crippen LogP contribution is 2.13. The van der Waals surface area contributed by atoms with Crippen LogP contribution in [-0.4, -0.2) is 22.2 Å². The van der Waals surface area contributed by atoms with Gasteiger partial charge in [-0.05, 0) is 12.8 Å². The molecule has 28 heavy (non-hydrogen) atoms. The fourth-order valence-electron chi connectivity index (χ4n) is 3.15. The van der Waals surface area contributed by atoms with Gasteiger partial charge in [0.25, 0.3) is 0 Å². The summed E-state index contributed by atoms with van der Waals surface area (Å²) in [7, 11) is 0. The van der Waals surface area contributed by atoms with Gasteiger partial charge in [-0.1, -0.05) is 117 Å². The summed E-state index contributed by atoms with van der Waals surface area (Å²) < 4.78 is 0. The standard InChI is InChI=1S/C19H38O2.C5H10O2/c1-2-3-4-5-6-7-8-9-10-11-12-13-14-15-16-17-18-19(20)21;1-2-3-4-5(6)7/h2-18H2,1H3,(H,20,21);2-4H2,1H3,(H,6,7). The molecule has 0 fully saturated rings. The summed E-state index contributed by atoms with van der Waals surface area (Å²) in [4.78, 5) is 20.1. The number of rotatable bonds is 20. The topological polar surface area (TPSA) is 74.6 Å². The van der Waals surface area contributed by atoms with Crippen LogP contribution < -0.4 is 0 Å². The van der Waals surface area contributed by atoms with Crippen LogP contribution in [0, 0.1) is 0 Å². The van der Waals surface area contributed by atoms with Gasteiger partial charge in [-0.25, -0.2) is 0 Å². The molecule has 0 amide bonds. The van der Waals surface area contributed by atoms with E-state index in [1.807, 2.05) is 6.92 Å². The first-order valence-corrected chi connectivity index (χ1v) is 12.0. The summed E-state index contributed by atoms with van der Waals surface area (Å²) in [6.45, 7) is 4.25. The van der Waals surface area contributed by atoms with E-state index in [0.717, 1.165) is 25.7 Å². The van der Waals surface area contributed by atoms with Crippen molar-refractivity contribution >= 4 is 11.9 Å². The van der Waals surface area contributed by atoms with Crippen LogP contribution in [0.25, 0.3) is 0 Å². The van der Waals surface area contributed by atoms with E-state index in [0.29, 0.717) is 12.8 Å². The molecule has 4 nitrogen and oxygen atoms in total. The first kappa shape index (κ1) is 29.1. The van der Waals surface area contributed by atoms with E-state index in [4.69, 9.17) is 10.2 Å². The number of carboxylic acid groups (broad SMARTS) is 2. The number of carboxylic acids is 2. The number of aliphatic carboxylic acids is 2. The van der Waals surface area contributed by atoms with Gasteiger partial charge in [0.1, 0.15) is 0 Å². The Kier molecular flexibility index (Phi) is 27.0. The molecule has 0 aliphatic rings. The number of hydrogen-bond acceptors (Lipinski definition) is 2. The predicted molar refractivity (Wildman–Crippen MR) is 119 cm³/mol. The van der Waals surface area contributed by atoms with Crippen LogP contribution in [-0.2, 0) is 9.59 Å². The molecule has 0 aromatic carbocycles. The zero-order chi connectivity index (χ0) is 21.3. The highest BCUT2D eigenvalue weighted by atomic mass is 16.4. The Balaban J connectivity index is 0. The third-order valence-electron chi connectivity index (χ3n) is 4.99. The van der Waals surface area contributed by atoms with Crippen molar-refractivity contribution in [3.63, 3.8) is 0 Å². The van der Waals surface area contributed by atoms with Crippen LogP contribution in [0.3, 0.4) is 0 Å². The molecule has 0 aromatic rings. The van der Waals surface area contributed by atoms with Crippen LogP contribution in [0.5, 0.6) is 0 Å². The lowest BCUT2D eigenvalue weighted by Crippen LogP contribution is -1.93. The lowest BCUT2D eigenvalue weighted by molar-refractivity contribution is -0.138. The minimum atomic E-state index is -0.693. The molecular weight excluding hydrogens is 352 g/mol. The third-order valence-corrected chi connectivity index (χ3v) is 4.99. The summed E-state index contributed by atoms with van der Waals surface area (Å²) in [5, 5.41) is 16.6. The van der Waals surface area contributed by atoms with Crippen molar-refractivity contribution in [1.82, 2.24) is 0 Å². The fourth-order valence-corrected chi connectivity index (χ4v) is 3.15. The molecular formula is C24H48O4. The van der Waals surface area contributed by atoms with Crippen LogP contribution >= 0.6 is 0 Å². The quantitative estimate of drug-likeness (QED) is 0.203. The highest BCUT2D eigenvalue weighted by molar-refractivity contribution is 5.66. The first-order valence-electron chi connectivity index (χ1n) is 12.0. The van der Waals surface area contributed by atoms with Crippen LogP contribution in [0.2, 0.25) is 0 Å². The van der Waals surface area contributed by atoms with Gasteiger partial charge in [0.05, 0.1) is 0 Å². The second kappa shape index (κ2) is 25.9. The Bertz CT molecular complexity index is 329. The van der Waals surface area contributed by atoms with Crippen molar-refractivity contribution < 1.29 is 19.8 Å². The molecule has 0 radical (unpaired) electrons. The van der Waals surface area contributed by atoms with Crippen molar-refractivity contribution in [2.75, 3.05) is 0 Å². The Hall–Kier alpha value is -1.06. The van der Waals surface area contributed by atoms with Crippen LogP contribution in [0.4, 0.5) is 0 Å². The minimum absolute atomic E-state index is 0.316. The molecule has 4 heteroatoms. The second-order valence-corrected chi connectivity index (χ2v) is 7.94. The van der Waals surface area contributed by atoms with Gasteiger partial charge in [-0.15, -0.1) is 0 Å². The summed E-state index contributed by atoms with van der Waals surface area (Å²) in [6.07, 6.45) is 23.8. The monoisotopic (exact) mass is 400 g/mol.